The first-order chi connectivity index (χ1) is 18.4. The van der Waals surface area contributed by atoms with E-state index >= 15 is 0 Å². The molecule has 3 N–H and O–H groups in total. The van der Waals surface area contributed by atoms with Crippen molar-refractivity contribution in [3.63, 3.8) is 0 Å². The topological polar surface area (TPSA) is 106 Å². The van der Waals surface area contributed by atoms with Gasteiger partial charge in [-0.1, -0.05) is 11.6 Å². The zero-order valence-electron chi connectivity index (χ0n) is 20.3. The van der Waals surface area contributed by atoms with E-state index in [0.717, 1.165) is 35.2 Å². The van der Waals surface area contributed by atoms with E-state index in [4.69, 9.17) is 21.6 Å². The summed E-state index contributed by atoms with van der Waals surface area (Å²) in [6.07, 6.45) is 1.81. The number of phenols is 3. The predicted molar refractivity (Wildman–Crippen MR) is 149 cm³/mol. The van der Waals surface area contributed by atoms with Crippen molar-refractivity contribution in [1.82, 2.24) is 15.0 Å². The average Bonchev–Trinajstić information content (AvgIpc) is 2.94. The lowest BCUT2D eigenvalue weighted by molar-refractivity contribution is 0.404. The fourth-order valence-corrected chi connectivity index (χ4v) is 4.88. The first kappa shape index (κ1) is 23.8. The Morgan fingerprint density at radius 1 is 0.658 bits per heavy atom. The molecule has 38 heavy (non-hydrogen) atoms. The number of hydrogen-bond donors (Lipinski definition) is 3. The third-order valence-electron chi connectivity index (χ3n) is 6.73. The molecule has 2 aromatic heterocycles. The minimum Gasteiger partial charge on any atom is -0.508 e. The molecular formula is C29H24ClN5O3. The molecule has 3 heterocycles. The predicted octanol–water partition coefficient (Wildman–Crippen LogP) is 5.46. The van der Waals surface area contributed by atoms with Gasteiger partial charge in [-0.15, -0.1) is 0 Å². The molecular weight excluding hydrogens is 502 g/mol. The number of halogens is 1. The van der Waals surface area contributed by atoms with Crippen LogP contribution in [0.3, 0.4) is 0 Å². The molecule has 0 aliphatic carbocycles. The molecule has 3 aromatic carbocycles. The normalized spacial score (nSPS) is 13.7. The highest BCUT2D eigenvalue weighted by molar-refractivity contribution is 6.31. The van der Waals surface area contributed by atoms with E-state index in [9.17, 15) is 15.3 Å². The number of aromatic nitrogens is 3. The van der Waals surface area contributed by atoms with Crippen LogP contribution in [-0.4, -0.2) is 56.5 Å². The highest BCUT2D eigenvalue weighted by Gasteiger charge is 2.22. The third kappa shape index (κ3) is 4.62. The van der Waals surface area contributed by atoms with E-state index in [1.54, 1.807) is 30.3 Å². The van der Waals surface area contributed by atoms with Gasteiger partial charge in [0.2, 0.25) is 5.95 Å². The largest absolute Gasteiger partial charge is 0.508 e. The van der Waals surface area contributed by atoms with Crippen molar-refractivity contribution in [1.29, 1.82) is 0 Å². The summed E-state index contributed by atoms with van der Waals surface area (Å²) in [6, 6.07) is 21.1. The maximum atomic E-state index is 10.1. The molecule has 0 atom stereocenters. The maximum Gasteiger partial charge on any atom is 0.226 e. The van der Waals surface area contributed by atoms with Gasteiger partial charge >= 0.3 is 0 Å². The van der Waals surface area contributed by atoms with Crippen LogP contribution in [0.2, 0.25) is 5.02 Å². The summed E-state index contributed by atoms with van der Waals surface area (Å²) in [5.74, 6) is 0.343. The zero-order chi connectivity index (χ0) is 26.2. The van der Waals surface area contributed by atoms with E-state index in [-0.39, 0.29) is 17.2 Å². The van der Waals surface area contributed by atoms with E-state index in [0.29, 0.717) is 41.0 Å². The molecule has 0 spiro atoms. The summed E-state index contributed by atoms with van der Waals surface area (Å²) in [5.41, 5.74) is 4.78. The fourth-order valence-electron chi connectivity index (χ4n) is 4.72. The summed E-state index contributed by atoms with van der Waals surface area (Å²) >= 11 is 6.17. The van der Waals surface area contributed by atoms with Crippen molar-refractivity contribution in [3.05, 3.63) is 84.0 Å². The van der Waals surface area contributed by atoms with Gasteiger partial charge in [0.15, 0.2) is 11.5 Å². The van der Waals surface area contributed by atoms with Crippen LogP contribution < -0.4 is 9.80 Å². The van der Waals surface area contributed by atoms with Crippen LogP contribution in [-0.2, 0) is 0 Å². The molecule has 0 amide bonds. The molecule has 1 saturated heterocycles. The van der Waals surface area contributed by atoms with Crippen LogP contribution in [0.1, 0.15) is 0 Å². The van der Waals surface area contributed by atoms with Crippen LogP contribution in [0, 0.1) is 0 Å². The van der Waals surface area contributed by atoms with E-state index in [2.05, 4.69) is 14.8 Å². The molecule has 1 fully saturated rings. The first-order valence-corrected chi connectivity index (χ1v) is 12.6. The number of phenolic OH excluding ortho intramolecular Hbond substituents is 3. The lowest BCUT2D eigenvalue weighted by atomic mass is 10.1. The van der Waals surface area contributed by atoms with Crippen molar-refractivity contribution < 1.29 is 15.3 Å². The highest BCUT2D eigenvalue weighted by atomic mass is 35.5. The average molecular weight is 526 g/mol. The summed E-state index contributed by atoms with van der Waals surface area (Å²) in [4.78, 5) is 18.6. The Morgan fingerprint density at radius 2 is 1.34 bits per heavy atom. The molecule has 0 bridgehead atoms. The monoisotopic (exact) mass is 525 g/mol. The second-order valence-corrected chi connectivity index (χ2v) is 9.59. The minimum absolute atomic E-state index is 0.175. The van der Waals surface area contributed by atoms with Crippen molar-refractivity contribution >= 4 is 34.1 Å². The van der Waals surface area contributed by atoms with Gasteiger partial charge < -0.3 is 25.1 Å². The number of benzene rings is 3. The number of nitrogens with zero attached hydrogens (tertiary/aromatic N) is 5. The highest BCUT2D eigenvalue weighted by Crippen LogP contribution is 2.33. The second kappa shape index (κ2) is 9.72. The summed E-state index contributed by atoms with van der Waals surface area (Å²) in [7, 11) is 0. The van der Waals surface area contributed by atoms with E-state index < -0.39 is 0 Å². The first-order valence-electron chi connectivity index (χ1n) is 12.2. The summed E-state index contributed by atoms with van der Waals surface area (Å²) < 4.78 is 0. The third-order valence-corrected chi connectivity index (χ3v) is 6.97. The Bertz CT molecular complexity index is 1640. The van der Waals surface area contributed by atoms with Crippen molar-refractivity contribution in [2.45, 2.75) is 0 Å². The van der Waals surface area contributed by atoms with Gasteiger partial charge in [-0.25, -0.2) is 9.97 Å². The molecule has 6 rings (SSSR count). The molecule has 5 aromatic rings. The molecule has 8 nitrogen and oxygen atoms in total. The quantitative estimate of drug-likeness (QED) is 0.266. The maximum absolute atomic E-state index is 10.1. The number of rotatable bonds is 4. The van der Waals surface area contributed by atoms with E-state index in [1.165, 1.54) is 12.1 Å². The Hall–Kier alpha value is -4.56. The van der Waals surface area contributed by atoms with Crippen LogP contribution in [0.25, 0.3) is 33.4 Å². The summed E-state index contributed by atoms with van der Waals surface area (Å²) in [5, 5.41) is 31.3. The minimum atomic E-state index is -0.215. The number of aromatic hydroxyl groups is 3. The van der Waals surface area contributed by atoms with Gasteiger partial charge in [-0.05, 0) is 72.8 Å². The van der Waals surface area contributed by atoms with Gasteiger partial charge in [0, 0.05) is 59.6 Å². The van der Waals surface area contributed by atoms with E-state index in [1.807, 2.05) is 36.5 Å². The Balaban J connectivity index is 1.32. The standard InChI is InChI=1S/C29H24ClN5O3/c30-20-4-7-22-25(16-20)31-10-9-26(22)34-11-13-35(14-12-34)29-32-23(18-1-5-21(36)6-2-18)17-24(33-29)19-3-8-27(37)28(38)15-19/h1-10,15-17,36-38H,11-14H2. The summed E-state index contributed by atoms with van der Waals surface area (Å²) in [6.45, 7) is 2.95. The Morgan fingerprint density at radius 3 is 2.08 bits per heavy atom. The zero-order valence-corrected chi connectivity index (χ0v) is 21.0. The van der Waals surface area contributed by atoms with Gasteiger partial charge in [0.1, 0.15) is 5.75 Å². The molecule has 0 saturated carbocycles. The van der Waals surface area contributed by atoms with Crippen LogP contribution >= 0.6 is 11.6 Å². The Labute approximate surface area is 224 Å². The smallest absolute Gasteiger partial charge is 0.226 e. The fraction of sp³-hybridized carbons (Fsp3) is 0.138. The van der Waals surface area contributed by atoms with Gasteiger partial charge in [-0.2, -0.15) is 0 Å². The molecule has 190 valence electrons. The molecule has 1 aliphatic heterocycles. The van der Waals surface area contributed by atoms with Gasteiger partial charge in [0.25, 0.3) is 0 Å². The van der Waals surface area contributed by atoms with Crippen LogP contribution in [0.4, 0.5) is 11.6 Å². The second-order valence-electron chi connectivity index (χ2n) is 9.15. The molecule has 0 radical (unpaired) electrons. The lowest BCUT2D eigenvalue weighted by Crippen LogP contribution is -2.47. The molecule has 0 unspecified atom stereocenters. The van der Waals surface area contributed by atoms with Crippen molar-refractivity contribution in [2.24, 2.45) is 0 Å². The molecule has 9 heteroatoms. The SMILES string of the molecule is Oc1ccc(-c2cc(-c3ccc(O)c(O)c3)nc(N3CCN(c4ccnc5cc(Cl)ccc45)CC3)n2)cc1. The Kier molecular flexibility index (Phi) is 6.09. The van der Waals surface area contributed by atoms with Gasteiger partial charge in [-0.3, -0.25) is 4.98 Å². The van der Waals surface area contributed by atoms with Crippen LogP contribution in [0.15, 0.2) is 79.0 Å². The number of piperazine rings is 1. The van der Waals surface area contributed by atoms with Crippen molar-refractivity contribution in [2.75, 3.05) is 36.0 Å². The van der Waals surface area contributed by atoms with Crippen molar-refractivity contribution in [3.8, 4) is 39.8 Å². The van der Waals surface area contributed by atoms with Crippen LogP contribution in [0.5, 0.6) is 17.2 Å². The number of pyridine rings is 1. The lowest BCUT2D eigenvalue weighted by Gasteiger charge is -2.36. The van der Waals surface area contributed by atoms with Gasteiger partial charge in [0.05, 0.1) is 16.9 Å². The number of hydrogen-bond acceptors (Lipinski definition) is 8. The molecule has 1 aliphatic rings. The number of anilines is 2. The number of fused-ring (bicyclic) bond motifs is 1.